The number of amides is 2. The van der Waals surface area contributed by atoms with E-state index in [2.05, 4.69) is 15.4 Å². The lowest BCUT2D eigenvalue weighted by Gasteiger charge is -2.12. The van der Waals surface area contributed by atoms with E-state index in [0.29, 0.717) is 22.7 Å². The lowest BCUT2D eigenvalue weighted by molar-refractivity contribution is -0.116. The number of rotatable bonds is 8. The molecule has 0 atom stereocenters. The molecule has 0 saturated heterocycles. The van der Waals surface area contributed by atoms with E-state index in [4.69, 9.17) is 4.74 Å². The molecular formula is C20H25N3O5S. The average Bonchev–Trinajstić information content (AvgIpc) is 2.63. The van der Waals surface area contributed by atoms with Gasteiger partial charge in [-0.2, -0.15) is 0 Å². The van der Waals surface area contributed by atoms with E-state index in [1.807, 2.05) is 13.0 Å². The molecule has 0 fully saturated rings. The van der Waals surface area contributed by atoms with Gasteiger partial charge in [0.15, 0.2) is 0 Å². The zero-order chi connectivity index (χ0) is 21.6. The largest absolute Gasteiger partial charge is 0.495 e. The van der Waals surface area contributed by atoms with E-state index in [1.165, 1.54) is 14.0 Å². The minimum absolute atomic E-state index is 0.0454. The molecule has 0 aliphatic heterocycles. The zero-order valence-corrected chi connectivity index (χ0v) is 17.6. The highest BCUT2D eigenvalue weighted by atomic mass is 32.2. The van der Waals surface area contributed by atoms with Crippen LogP contribution in [0.2, 0.25) is 0 Å². The molecule has 0 radical (unpaired) electrons. The quantitative estimate of drug-likeness (QED) is 0.609. The fourth-order valence-electron chi connectivity index (χ4n) is 2.67. The number of hydrogen-bond acceptors (Lipinski definition) is 5. The summed E-state index contributed by atoms with van der Waals surface area (Å²) in [6.07, 6.45) is -0.0500. The third kappa shape index (κ3) is 6.30. The highest BCUT2D eigenvalue weighted by Crippen LogP contribution is 2.27. The van der Waals surface area contributed by atoms with Gasteiger partial charge in [-0.25, -0.2) is 13.1 Å². The maximum absolute atomic E-state index is 12.5. The van der Waals surface area contributed by atoms with Gasteiger partial charge in [-0.3, -0.25) is 9.59 Å². The minimum atomic E-state index is -3.71. The van der Waals surface area contributed by atoms with Crippen molar-refractivity contribution < 1.29 is 22.7 Å². The Morgan fingerprint density at radius 2 is 1.76 bits per heavy atom. The molecule has 0 aliphatic carbocycles. The minimum Gasteiger partial charge on any atom is -0.495 e. The first-order chi connectivity index (χ1) is 13.6. The Morgan fingerprint density at radius 3 is 2.41 bits per heavy atom. The SMILES string of the molecule is COc1ccc(NC(=O)CCNS(=O)(=O)c2cc(C)ccc2C)cc1NC(C)=O. The number of methoxy groups -OCH3 is 1. The number of sulfonamides is 1. The van der Waals surface area contributed by atoms with Gasteiger partial charge in [0.1, 0.15) is 5.75 Å². The third-order valence-electron chi connectivity index (χ3n) is 4.07. The molecule has 0 heterocycles. The molecule has 0 unspecified atom stereocenters. The van der Waals surface area contributed by atoms with Crippen LogP contribution in [-0.4, -0.2) is 33.9 Å². The number of hydrogen-bond donors (Lipinski definition) is 3. The van der Waals surface area contributed by atoms with E-state index in [9.17, 15) is 18.0 Å². The predicted octanol–water partition coefficient (Wildman–Crippen LogP) is 2.58. The van der Waals surface area contributed by atoms with Gasteiger partial charge in [-0.15, -0.1) is 0 Å². The molecule has 2 amide bonds. The molecule has 0 aliphatic rings. The molecule has 8 nitrogen and oxygen atoms in total. The third-order valence-corrected chi connectivity index (χ3v) is 5.67. The summed E-state index contributed by atoms with van der Waals surface area (Å²) >= 11 is 0. The van der Waals surface area contributed by atoms with Crippen LogP contribution in [0.4, 0.5) is 11.4 Å². The second kappa shape index (κ2) is 9.53. The molecular weight excluding hydrogens is 394 g/mol. The summed E-state index contributed by atoms with van der Waals surface area (Å²) in [6.45, 7) is 4.86. The van der Waals surface area contributed by atoms with Crippen molar-refractivity contribution in [2.24, 2.45) is 0 Å². The van der Waals surface area contributed by atoms with Crippen LogP contribution in [0, 0.1) is 13.8 Å². The summed E-state index contributed by atoms with van der Waals surface area (Å²) in [7, 11) is -2.23. The molecule has 29 heavy (non-hydrogen) atoms. The van der Waals surface area contributed by atoms with Gasteiger partial charge in [0.05, 0.1) is 17.7 Å². The number of anilines is 2. The molecule has 9 heteroatoms. The van der Waals surface area contributed by atoms with Gasteiger partial charge in [0.25, 0.3) is 0 Å². The fourth-order valence-corrected chi connectivity index (χ4v) is 4.03. The molecule has 2 aromatic rings. The van der Waals surface area contributed by atoms with Gasteiger partial charge in [0.2, 0.25) is 21.8 Å². The van der Waals surface area contributed by atoms with Crippen molar-refractivity contribution in [2.75, 3.05) is 24.3 Å². The smallest absolute Gasteiger partial charge is 0.240 e. The van der Waals surface area contributed by atoms with Gasteiger partial charge in [-0.1, -0.05) is 12.1 Å². The van der Waals surface area contributed by atoms with Crippen molar-refractivity contribution in [2.45, 2.75) is 32.1 Å². The van der Waals surface area contributed by atoms with E-state index in [0.717, 1.165) is 5.56 Å². The zero-order valence-electron chi connectivity index (χ0n) is 16.8. The van der Waals surface area contributed by atoms with Gasteiger partial charge >= 0.3 is 0 Å². The summed E-state index contributed by atoms with van der Waals surface area (Å²) < 4.78 is 32.5. The van der Waals surface area contributed by atoms with Crippen molar-refractivity contribution in [3.8, 4) is 5.75 Å². The highest BCUT2D eigenvalue weighted by molar-refractivity contribution is 7.89. The van der Waals surface area contributed by atoms with Crippen molar-refractivity contribution in [3.05, 3.63) is 47.5 Å². The topological polar surface area (TPSA) is 114 Å². The summed E-state index contributed by atoms with van der Waals surface area (Å²) in [5.41, 5.74) is 2.35. The maximum atomic E-state index is 12.5. The number of aryl methyl sites for hydroxylation is 2. The number of ether oxygens (including phenoxy) is 1. The molecule has 2 aromatic carbocycles. The van der Waals surface area contributed by atoms with E-state index < -0.39 is 10.0 Å². The monoisotopic (exact) mass is 419 g/mol. The molecule has 3 N–H and O–H groups in total. The van der Waals surface area contributed by atoms with Crippen LogP contribution < -0.4 is 20.1 Å². The Morgan fingerprint density at radius 1 is 1.03 bits per heavy atom. The van der Waals surface area contributed by atoms with E-state index in [-0.39, 0.29) is 29.7 Å². The van der Waals surface area contributed by atoms with Crippen molar-refractivity contribution in [1.29, 1.82) is 0 Å². The molecule has 0 saturated carbocycles. The van der Waals surface area contributed by atoms with Crippen LogP contribution >= 0.6 is 0 Å². The van der Waals surface area contributed by atoms with Gasteiger partial charge < -0.3 is 15.4 Å². The number of carbonyl (C=O) groups is 2. The van der Waals surface area contributed by atoms with Crippen LogP contribution in [0.5, 0.6) is 5.75 Å². The predicted molar refractivity (Wildman–Crippen MR) is 112 cm³/mol. The first-order valence-electron chi connectivity index (χ1n) is 8.95. The maximum Gasteiger partial charge on any atom is 0.240 e. The summed E-state index contributed by atoms with van der Waals surface area (Å²) in [5.74, 6) is -0.181. The van der Waals surface area contributed by atoms with Crippen LogP contribution in [0.25, 0.3) is 0 Å². The Labute approximate surface area is 170 Å². The van der Waals surface area contributed by atoms with Gasteiger partial charge in [-0.05, 0) is 49.2 Å². The number of carbonyl (C=O) groups excluding carboxylic acids is 2. The standard InChI is InChI=1S/C20H25N3O5S/c1-13-5-6-14(2)19(11-13)29(26,27)21-10-9-20(25)23-16-7-8-18(28-4)17(12-16)22-15(3)24/h5-8,11-12,21H,9-10H2,1-4H3,(H,22,24)(H,23,25). The molecule has 0 spiro atoms. The van der Waals surface area contributed by atoms with E-state index in [1.54, 1.807) is 37.3 Å². The van der Waals surface area contributed by atoms with Crippen LogP contribution in [0.3, 0.4) is 0 Å². The molecule has 0 bridgehead atoms. The first-order valence-corrected chi connectivity index (χ1v) is 10.4. The van der Waals surface area contributed by atoms with Crippen LogP contribution in [-0.2, 0) is 19.6 Å². The summed E-state index contributed by atoms with van der Waals surface area (Å²) in [5, 5.41) is 5.29. The lowest BCUT2D eigenvalue weighted by atomic mass is 10.2. The molecule has 156 valence electrons. The summed E-state index contributed by atoms with van der Waals surface area (Å²) in [6, 6.07) is 9.99. The number of nitrogens with one attached hydrogen (secondary N) is 3. The van der Waals surface area contributed by atoms with Gasteiger partial charge in [0, 0.05) is 25.6 Å². The normalized spacial score (nSPS) is 11.0. The Balaban J connectivity index is 1.98. The second-order valence-electron chi connectivity index (χ2n) is 6.56. The first kappa shape index (κ1) is 22.4. The fraction of sp³-hybridized carbons (Fsp3) is 0.300. The number of benzene rings is 2. The lowest BCUT2D eigenvalue weighted by Crippen LogP contribution is -2.28. The Kier molecular flexibility index (Phi) is 7.35. The van der Waals surface area contributed by atoms with Crippen molar-refractivity contribution in [1.82, 2.24) is 4.72 Å². The van der Waals surface area contributed by atoms with Crippen molar-refractivity contribution in [3.63, 3.8) is 0 Å². The average molecular weight is 420 g/mol. The highest BCUT2D eigenvalue weighted by Gasteiger charge is 2.17. The molecule has 2 rings (SSSR count). The van der Waals surface area contributed by atoms with Crippen molar-refractivity contribution >= 4 is 33.2 Å². The summed E-state index contributed by atoms with van der Waals surface area (Å²) in [4.78, 5) is 23.7. The second-order valence-corrected chi connectivity index (χ2v) is 8.30. The Hall–Kier alpha value is -2.91. The van der Waals surface area contributed by atoms with Crippen LogP contribution in [0.15, 0.2) is 41.3 Å². The van der Waals surface area contributed by atoms with E-state index >= 15 is 0 Å². The molecule has 0 aromatic heterocycles. The van der Waals surface area contributed by atoms with Crippen LogP contribution in [0.1, 0.15) is 24.5 Å². The Bertz CT molecular complexity index is 1020.